The number of hydrogen-bond donors (Lipinski definition) is 0. The van der Waals surface area contributed by atoms with Gasteiger partial charge in [0, 0.05) is 50.6 Å². The summed E-state index contributed by atoms with van der Waals surface area (Å²) in [6.45, 7) is 2.14. The van der Waals surface area contributed by atoms with Gasteiger partial charge in [0.05, 0.1) is 11.0 Å². The van der Waals surface area contributed by atoms with Crippen LogP contribution in [0.5, 0.6) is 0 Å². The molecular formula is C51H36FN3. The Hall–Kier alpha value is -7.17. The highest BCUT2D eigenvalue weighted by molar-refractivity contribution is 6.15. The van der Waals surface area contributed by atoms with Gasteiger partial charge in [0.2, 0.25) is 0 Å². The van der Waals surface area contributed by atoms with Crippen molar-refractivity contribution in [2.75, 3.05) is 9.80 Å². The number of anilines is 6. The molecular weight excluding hydrogens is 674 g/mol. The Morgan fingerprint density at radius 3 is 1.65 bits per heavy atom. The number of rotatable bonds is 7. The fourth-order valence-electron chi connectivity index (χ4n) is 8.04. The molecule has 0 saturated heterocycles. The van der Waals surface area contributed by atoms with Gasteiger partial charge in [-0.15, -0.1) is 0 Å². The Bertz CT molecular complexity index is 3020. The summed E-state index contributed by atoms with van der Waals surface area (Å²) in [5, 5.41) is 7.01. The van der Waals surface area contributed by atoms with Crippen LogP contribution in [0.3, 0.4) is 0 Å². The second kappa shape index (κ2) is 13.4. The van der Waals surface area contributed by atoms with E-state index in [1.54, 1.807) is 12.1 Å². The summed E-state index contributed by atoms with van der Waals surface area (Å²) in [4.78, 5) is 4.45. The molecule has 0 spiro atoms. The van der Waals surface area contributed by atoms with E-state index in [0.29, 0.717) is 0 Å². The van der Waals surface area contributed by atoms with Gasteiger partial charge in [-0.25, -0.2) is 4.39 Å². The first-order valence-corrected chi connectivity index (χ1v) is 18.6. The fourth-order valence-corrected chi connectivity index (χ4v) is 8.04. The van der Waals surface area contributed by atoms with Gasteiger partial charge in [0.25, 0.3) is 0 Å². The van der Waals surface area contributed by atoms with Crippen LogP contribution < -0.4 is 9.80 Å². The van der Waals surface area contributed by atoms with Crippen LogP contribution in [-0.4, -0.2) is 4.57 Å². The van der Waals surface area contributed by atoms with E-state index in [4.69, 9.17) is 0 Å². The highest BCUT2D eigenvalue weighted by Gasteiger charge is 2.20. The van der Waals surface area contributed by atoms with Crippen molar-refractivity contribution in [1.82, 2.24) is 4.57 Å². The van der Waals surface area contributed by atoms with Crippen LogP contribution in [0, 0.1) is 12.7 Å². The molecule has 9 aromatic carbocycles. The van der Waals surface area contributed by atoms with Crippen LogP contribution in [0.25, 0.3) is 49.0 Å². The molecule has 0 bridgehead atoms. The van der Waals surface area contributed by atoms with Crippen molar-refractivity contribution in [3.63, 3.8) is 0 Å². The number of nitrogens with zero attached hydrogens (tertiary/aromatic N) is 3. The topological polar surface area (TPSA) is 11.4 Å². The van der Waals surface area contributed by atoms with Crippen LogP contribution in [-0.2, 0) is 0 Å². The van der Waals surface area contributed by atoms with Crippen molar-refractivity contribution in [2.24, 2.45) is 0 Å². The summed E-state index contributed by atoms with van der Waals surface area (Å²) in [5.74, 6) is -0.274. The number of benzene rings is 9. The molecule has 10 rings (SSSR count). The van der Waals surface area contributed by atoms with Crippen molar-refractivity contribution in [3.8, 4) is 5.69 Å². The number of halogens is 1. The van der Waals surface area contributed by atoms with Crippen LogP contribution >= 0.6 is 0 Å². The lowest BCUT2D eigenvalue weighted by molar-refractivity contribution is 0.628. The second-order valence-electron chi connectivity index (χ2n) is 14.1. The Kier molecular flexibility index (Phi) is 7.88. The van der Waals surface area contributed by atoms with E-state index in [1.807, 2.05) is 24.3 Å². The summed E-state index contributed by atoms with van der Waals surface area (Å²) in [7, 11) is 0. The van der Waals surface area contributed by atoms with E-state index in [2.05, 4.69) is 179 Å². The van der Waals surface area contributed by atoms with Crippen LogP contribution in [0.4, 0.5) is 38.5 Å². The molecule has 0 unspecified atom stereocenters. The quantitative estimate of drug-likeness (QED) is 0.163. The molecule has 4 heteroatoms. The number of aromatic nitrogens is 1. The number of aryl methyl sites for hydroxylation is 1. The van der Waals surface area contributed by atoms with Gasteiger partial charge in [-0.1, -0.05) is 97.1 Å². The van der Waals surface area contributed by atoms with Crippen molar-refractivity contribution < 1.29 is 4.39 Å². The summed E-state index contributed by atoms with van der Waals surface area (Å²) >= 11 is 0. The maximum absolute atomic E-state index is 14.8. The zero-order valence-electron chi connectivity index (χ0n) is 30.3. The van der Waals surface area contributed by atoms with Gasteiger partial charge >= 0.3 is 0 Å². The molecule has 0 N–H and O–H groups in total. The van der Waals surface area contributed by atoms with E-state index in [-0.39, 0.29) is 5.82 Å². The lowest BCUT2D eigenvalue weighted by Crippen LogP contribution is -2.10. The summed E-state index contributed by atoms with van der Waals surface area (Å²) < 4.78 is 17.1. The fraction of sp³-hybridized carbons (Fsp3) is 0.0196. The SMILES string of the molecule is Cc1cccc(N(c2ccccc2)c2ccc3cc4c5ccc(N(c6ccccc6)c6cccc(F)c6)cc5n(-c5ccc6ccccc6c5)c4cc3c2)c1. The molecule has 0 atom stereocenters. The van der Waals surface area contributed by atoms with Crippen LogP contribution in [0.15, 0.2) is 200 Å². The Labute approximate surface area is 319 Å². The maximum Gasteiger partial charge on any atom is 0.125 e. The minimum atomic E-state index is -0.274. The van der Waals surface area contributed by atoms with E-state index in [1.165, 1.54) is 33.2 Å². The summed E-state index contributed by atoms with van der Waals surface area (Å²) in [6.07, 6.45) is 0. The molecule has 0 saturated carbocycles. The lowest BCUT2D eigenvalue weighted by atomic mass is 10.0. The third-order valence-electron chi connectivity index (χ3n) is 10.6. The average molecular weight is 710 g/mol. The predicted octanol–water partition coefficient (Wildman–Crippen LogP) is 14.5. The van der Waals surface area contributed by atoms with Gasteiger partial charge in [-0.3, -0.25) is 0 Å². The molecule has 0 aliphatic carbocycles. The lowest BCUT2D eigenvalue weighted by Gasteiger charge is -2.26. The van der Waals surface area contributed by atoms with E-state index >= 15 is 0 Å². The molecule has 0 radical (unpaired) electrons. The second-order valence-corrected chi connectivity index (χ2v) is 14.1. The molecule has 0 fully saturated rings. The highest BCUT2D eigenvalue weighted by atomic mass is 19.1. The maximum atomic E-state index is 14.8. The molecule has 262 valence electrons. The average Bonchev–Trinajstić information content (AvgIpc) is 3.53. The highest BCUT2D eigenvalue weighted by Crippen LogP contribution is 2.42. The summed E-state index contributed by atoms with van der Waals surface area (Å²) in [5.41, 5.74) is 10.4. The van der Waals surface area contributed by atoms with Gasteiger partial charge in [0.15, 0.2) is 0 Å². The minimum absolute atomic E-state index is 0.274. The van der Waals surface area contributed by atoms with E-state index in [9.17, 15) is 4.39 Å². The molecule has 1 heterocycles. The molecule has 0 aliphatic heterocycles. The first kappa shape index (κ1) is 32.5. The molecule has 1 aromatic heterocycles. The molecule has 0 aliphatic rings. The van der Waals surface area contributed by atoms with Crippen molar-refractivity contribution in [1.29, 1.82) is 0 Å². The number of hydrogen-bond acceptors (Lipinski definition) is 2. The molecule has 10 aromatic rings. The Balaban J connectivity index is 1.23. The van der Waals surface area contributed by atoms with Gasteiger partial charge in [-0.2, -0.15) is 0 Å². The molecule has 3 nitrogen and oxygen atoms in total. The van der Waals surface area contributed by atoms with E-state index in [0.717, 1.165) is 61.6 Å². The smallest absolute Gasteiger partial charge is 0.125 e. The van der Waals surface area contributed by atoms with Crippen molar-refractivity contribution >= 4 is 77.5 Å². The first-order valence-electron chi connectivity index (χ1n) is 18.6. The van der Waals surface area contributed by atoms with Gasteiger partial charge in [0.1, 0.15) is 5.82 Å². The third kappa shape index (κ3) is 5.85. The zero-order chi connectivity index (χ0) is 36.9. The van der Waals surface area contributed by atoms with Gasteiger partial charge < -0.3 is 14.4 Å². The van der Waals surface area contributed by atoms with Gasteiger partial charge in [-0.05, 0) is 137 Å². The Morgan fingerprint density at radius 1 is 0.364 bits per heavy atom. The third-order valence-corrected chi connectivity index (χ3v) is 10.6. The number of para-hydroxylation sites is 2. The molecule has 55 heavy (non-hydrogen) atoms. The molecule has 0 amide bonds. The zero-order valence-corrected chi connectivity index (χ0v) is 30.3. The van der Waals surface area contributed by atoms with Crippen molar-refractivity contribution in [2.45, 2.75) is 6.92 Å². The summed E-state index contributed by atoms with van der Waals surface area (Å²) in [6, 6.07) is 69.4. The number of fused-ring (bicyclic) bond motifs is 5. The van der Waals surface area contributed by atoms with E-state index < -0.39 is 0 Å². The largest absolute Gasteiger partial charge is 0.310 e. The minimum Gasteiger partial charge on any atom is -0.310 e. The standard InChI is InChI=1S/C51H36FN3/c1-35-12-10-20-43(28-35)53(41-16-4-2-5-17-41)45-25-23-38-31-49-48-27-26-47(54(42-18-6-3-7-19-42)44-21-11-15-40(52)33-44)34-51(48)55(50(49)32-39(38)30-45)46-24-22-36-13-8-9-14-37(36)29-46/h2-34H,1H3. The first-order chi connectivity index (χ1) is 27.1. The Morgan fingerprint density at radius 2 is 0.927 bits per heavy atom. The predicted molar refractivity (Wildman–Crippen MR) is 230 cm³/mol. The van der Waals surface area contributed by atoms with Crippen molar-refractivity contribution in [3.05, 3.63) is 212 Å². The van der Waals surface area contributed by atoms with Crippen LogP contribution in [0.1, 0.15) is 5.56 Å². The monoisotopic (exact) mass is 709 g/mol. The van der Waals surface area contributed by atoms with Crippen LogP contribution in [0.2, 0.25) is 0 Å². The normalized spacial score (nSPS) is 11.5.